The number of carbonyl (C=O) groups is 1. The molecule has 2 aliphatic rings. The predicted octanol–water partition coefficient (Wildman–Crippen LogP) is 5.20. The number of carbonyl (C=O) groups excluding carboxylic acids is 1. The normalized spacial score (nSPS) is 17.4. The van der Waals surface area contributed by atoms with Crippen molar-refractivity contribution < 1.29 is 18.7 Å². The summed E-state index contributed by atoms with van der Waals surface area (Å²) in [5.74, 6) is 1.82. The first-order valence-electron chi connectivity index (χ1n) is 10.4. The first-order chi connectivity index (χ1) is 15.3. The number of hydrogen-bond donors (Lipinski definition) is 0. The molecule has 6 nitrogen and oxygen atoms in total. The Kier molecular flexibility index (Phi) is 4.16. The Labute approximate surface area is 179 Å². The molecule has 0 bridgehead atoms. The number of nitrogens with zero attached hydrogens (tertiary/aromatic N) is 2. The molecule has 0 unspecified atom stereocenters. The summed E-state index contributed by atoms with van der Waals surface area (Å²) < 4.78 is 16.9. The zero-order chi connectivity index (χ0) is 20.8. The van der Waals surface area contributed by atoms with Crippen molar-refractivity contribution in [2.24, 2.45) is 0 Å². The van der Waals surface area contributed by atoms with E-state index in [1.807, 2.05) is 41.3 Å². The molecule has 6 heteroatoms. The van der Waals surface area contributed by atoms with Crippen LogP contribution in [0.2, 0.25) is 0 Å². The maximum absolute atomic E-state index is 13.2. The fraction of sp³-hybridized carbons (Fsp3) is 0.200. The van der Waals surface area contributed by atoms with Gasteiger partial charge in [-0.3, -0.25) is 4.79 Å². The number of aromatic nitrogens is 1. The van der Waals surface area contributed by atoms with Gasteiger partial charge < -0.3 is 18.8 Å². The van der Waals surface area contributed by atoms with E-state index in [1.165, 1.54) is 0 Å². The number of oxazole rings is 1. The zero-order valence-corrected chi connectivity index (χ0v) is 16.8. The quantitative estimate of drug-likeness (QED) is 0.463. The Bertz CT molecular complexity index is 1280. The Balaban J connectivity index is 1.31. The van der Waals surface area contributed by atoms with Crippen molar-refractivity contribution in [2.45, 2.75) is 18.9 Å². The summed E-state index contributed by atoms with van der Waals surface area (Å²) in [6, 6.07) is 21.4. The van der Waals surface area contributed by atoms with Crippen molar-refractivity contribution in [3.63, 3.8) is 0 Å². The van der Waals surface area contributed by atoms with E-state index in [2.05, 4.69) is 12.1 Å². The van der Waals surface area contributed by atoms with Gasteiger partial charge >= 0.3 is 0 Å². The standard InChI is InChI=1S/C25H20N2O4/c28-25(18-9-11-22-23(14-18)30-15-29-22)27-12-4-7-20(27)24-26-19-13-17(8-10-21(19)31-24)16-5-2-1-3-6-16/h1-3,5-6,8-11,13-14,20H,4,7,12,15H2/t20-/m1/s1. The first kappa shape index (κ1) is 18.0. The summed E-state index contributed by atoms with van der Waals surface area (Å²) in [6.45, 7) is 0.860. The van der Waals surface area contributed by atoms with Crippen LogP contribution in [0.5, 0.6) is 11.5 Å². The van der Waals surface area contributed by atoms with Crippen molar-refractivity contribution >= 4 is 17.0 Å². The number of amides is 1. The van der Waals surface area contributed by atoms with E-state index in [4.69, 9.17) is 18.9 Å². The molecule has 1 amide bonds. The van der Waals surface area contributed by atoms with Crippen LogP contribution in [0.15, 0.2) is 71.1 Å². The molecule has 0 spiro atoms. The zero-order valence-electron chi connectivity index (χ0n) is 16.8. The molecule has 1 aromatic heterocycles. The second kappa shape index (κ2) is 7.16. The maximum atomic E-state index is 13.2. The highest BCUT2D eigenvalue weighted by molar-refractivity contribution is 5.95. The molecule has 154 valence electrons. The average molecular weight is 412 g/mol. The third kappa shape index (κ3) is 3.11. The van der Waals surface area contributed by atoms with E-state index in [0.717, 1.165) is 35.1 Å². The maximum Gasteiger partial charge on any atom is 0.254 e. The molecule has 3 heterocycles. The summed E-state index contributed by atoms with van der Waals surface area (Å²) in [6.07, 6.45) is 1.74. The van der Waals surface area contributed by atoms with Gasteiger partial charge in [0.2, 0.25) is 12.7 Å². The number of hydrogen-bond acceptors (Lipinski definition) is 5. The molecule has 4 aromatic rings. The van der Waals surface area contributed by atoms with Gasteiger partial charge in [0.25, 0.3) is 5.91 Å². The average Bonchev–Trinajstić information content (AvgIpc) is 3.56. The van der Waals surface area contributed by atoms with Gasteiger partial charge in [0.1, 0.15) is 11.6 Å². The van der Waals surface area contributed by atoms with Crippen LogP contribution in [0.3, 0.4) is 0 Å². The minimum absolute atomic E-state index is 0.0481. The lowest BCUT2D eigenvalue weighted by atomic mass is 10.1. The van der Waals surface area contributed by atoms with Crippen LogP contribution in [-0.2, 0) is 0 Å². The summed E-state index contributed by atoms with van der Waals surface area (Å²) in [7, 11) is 0. The highest BCUT2D eigenvalue weighted by atomic mass is 16.7. The van der Waals surface area contributed by atoms with Crippen molar-refractivity contribution in [3.05, 3.63) is 78.2 Å². The van der Waals surface area contributed by atoms with Gasteiger partial charge in [0.05, 0.1) is 0 Å². The lowest BCUT2D eigenvalue weighted by Gasteiger charge is -2.22. The summed E-state index contributed by atoms with van der Waals surface area (Å²) >= 11 is 0. The summed E-state index contributed by atoms with van der Waals surface area (Å²) in [4.78, 5) is 19.9. The third-order valence-corrected chi connectivity index (χ3v) is 5.93. The fourth-order valence-corrected chi connectivity index (χ4v) is 4.36. The van der Waals surface area contributed by atoms with Gasteiger partial charge in [0, 0.05) is 12.1 Å². The van der Waals surface area contributed by atoms with Crippen molar-refractivity contribution in [1.82, 2.24) is 9.88 Å². The molecule has 2 aliphatic heterocycles. The lowest BCUT2D eigenvalue weighted by Crippen LogP contribution is -2.30. The van der Waals surface area contributed by atoms with Crippen LogP contribution in [0.25, 0.3) is 22.2 Å². The topological polar surface area (TPSA) is 64.8 Å². The molecule has 0 N–H and O–H groups in total. The molecule has 1 fully saturated rings. The van der Waals surface area contributed by atoms with Crippen LogP contribution in [0.1, 0.15) is 35.1 Å². The Morgan fingerprint density at radius 2 is 1.81 bits per heavy atom. The van der Waals surface area contributed by atoms with Gasteiger partial charge in [-0.25, -0.2) is 4.98 Å². The summed E-state index contributed by atoms with van der Waals surface area (Å²) in [5.41, 5.74) is 4.34. The molecular weight excluding hydrogens is 392 g/mol. The van der Waals surface area contributed by atoms with Gasteiger partial charge in [-0.15, -0.1) is 0 Å². The summed E-state index contributed by atoms with van der Waals surface area (Å²) in [5, 5.41) is 0. The lowest BCUT2D eigenvalue weighted by molar-refractivity contribution is 0.0716. The number of ether oxygens (including phenoxy) is 2. The molecule has 1 atom stereocenters. The minimum Gasteiger partial charge on any atom is -0.454 e. The van der Waals surface area contributed by atoms with E-state index in [9.17, 15) is 4.79 Å². The van der Waals surface area contributed by atoms with Gasteiger partial charge in [-0.2, -0.15) is 0 Å². The Morgan fingerprint density at radius 3 is 2.71 bits per heavy atom. The molecule has 3 aromatic carbocycles. The van der Waals surface area contributed by atoms with Crippen molar-refractivity contribution in [2.75, 3.05) is 13.3 Å². The highest BCUT2D eigenvalue weighted by Crippen LogP contribution is 2.37. The van der Waals surface area contributed by atoms with Gasteiger partial charge in [-0.1, -0.05) is 36.4 Å². The number of benzene rings is 3. The molecule has 0 aliphatic carbocycles. The minimum atomic E-state index is -0.175. The predicted molar refractivity (Wildman–Crippen MR) is 115 cm³/mol. The van der Waals surface area contributed by atoms with E-state index >= 15 is 0 Å². The number of rotatable bonds is 3. The van der Waals surface area contributed by atoms with E-state index < -0.39 is 0 Å². The number of fused-ring (bicyclic) bond motifs is 2. The molecule has 1 saturated heterocycles. The highest BCUT2D eigenvalue weighted by Gasteiger charge is 2.34. The van der Waals surface area contributed by atoms with Crippen LogP contribution < -0.4 is 9.47 Å². The molecular formula is C25H20N2O4. The second-order valence-corrected chi connectivity index (χ2v) is 7.83. The molecule has 0 radical (unpaired) electrons. The SMILES string of the molecule is O=C(c1ccc2c(c1)OCO2)N1CCC[C@@H]1c1nc2cc(-c3ccccc3)ccc2o1. The van der Waals surface area contributed by atoms with E-state index in [0.29, 0.717) is 29.5 Å². The van der Waals surface area contributed by atoms with Crippen LogP contribution in [-0.4, -0.2) is 29.1 Å². The smallest absolute Gasteiger partial charge is 0.254 e. The number of likely N-dealkylation sites (tertiary alicyclic amines) is 1. The first-order valence-corrected chi connectivity index (χ1v) is 10.4. The second-order valence-electron chi connectivity index (χ2n) is 7.83. The van der Waals surface area contributed by atoms with E-state index in [1.54, 1.807) is 18.2 Å². The van der Waals surface area contributed by atoms with Crippen LogP contribution in [0, 0.1) is 0 Å². The monoisotopic (exact) mass is 412 g/mol. The third-order valence-electron chi connectivity index (χ3n) is 5.93. The molecule has 0 saturated carbocycles. The molecule has 31 heavy (non-hydrogen) atoms. The van der Waals surface area contributed by atoms with Crippen LogP contribution in [0.4, 0.5) is 0 Å². The Morgan fingerprint density at radius 1 is 0.935 bits per heavy atom. The van der Waals surface area contributed by atoms with Crippen LogP contribution >= 0.6 is 0 Å². The molecule has 6 rings (SSSR count). The van der Waals surface area contributed by atoms with E-state index in [-0.39, 0.29) is 18.7 Å². The van der Waals surface area contributed by atoms with Gasteiger partial charge in [-0.05, 0) is 54.3 Å². The fourth-order valence-electron chi connectivity index (χ4n) is 4.36. The van der Waals surface area contributed by atoms with Gasteiger partial charge in [0.15, 0.2) is 17.1 Å². The Hall–Kier alpha value is -3.80. The van der Waals surface area contributed by atoms with Crippen molar-refractivity contribution in [3.8, 4) is 22.6 Å². The van der Waals surface area contributed by atoms with Crippen molar-refractivity contribution in [1.29, 1.82) is 0 Å². The largest absolute Gasteiger partial charge is 0.454 e.